The van der Waals surface area contributed by atoms with Crippen LogP contribution in [-0.2, 0) is 11.2 Å². The Labute approximate surface area is 166 Å². The number of anilines is 2. The monoisotopic (exact) mass is 377 g/mol. The molecule has 0 spiro atoms. The normalized spacial score (nSPS) is 16.4. The lowest BCUT2D eigenvalue weighted by Crippen LogP contribution is -2.34. The van der Waals surface area contributed by atoms with Crippen LogP contribution in [0.2, 0.25) is 0 Å². The van der Waals surface area contributed by atoms with Crippen molar-refractivity contribution in [3.8, 4) is 0 Å². The number of benzene rings is 2. The van der Waals surface area contributed by atoms with Crippen LogP contribution in [0.15, 0.2) is 48.5 Å². The predicted octanol–water partition coefficient (Wildman–Crippen LogP) is 3.70. The first kappa shape index (κ1) is 18.5. The minimum absolute atomic E-state index is 0.0502. The van der Waals surface area contributed by atoms with Crippen molar-refractivity contribution in [3.63, 3.8) is 0 Å². The molecule has 28 heavy (non-hydrogen) atoms. The molecular formula is C23H27N3O2. The Morgan fingerprint density at radius 2 is 1.68 bits per heavy atom. The van der Waals surface area contributed by atoms with Gasteiger partial charge in [-0.05, 0) is 49.1 Å². The highest BCUT2D eigenvalue weighted by atomic mass is 16.2. The lowest BCUT2D eigenvalue weighted by molar-refractivity contribution is -0.116. The van der Waals surface area contributed by atoms with Crippen molar-refractivity contribution in [1.82, 2.24) is 4.90 Å². The highest BCUT2D eigenvalue weighted by Gasteiger charge is 2.24. The molecule has 2 aliphatic heterocycles. The summed E-state index contributed by atoms with van der Waals surface area (Å²) in [7, 11) is 0. The number of rotatable bonds is 4. The number of nitrogens with zero attached hydrogens (tertiary/aromatic N) is 2. The zero-order valence-electron chi connectivity index (χ0n) is 16.2. The Balaban J connectivity index is 1.38. The molecule has 1 saturated heterocycles. The van der Waals surface area contributed by atoms with Crippen molar-refractivity contribution < 1.29 is 9.59 Å². The number of hydrogen-bond donors (Lipinski definition) is 1. The molecule has 2 amide bonds. The van der Waals surface area contributed by atoms with E-state index in [1.165, 1.54) is 18.4 Å². The molecule has 1 fully saturated rings. The molecule has 146 valence electrons. The number of hydrogen-bond acceptors (Lipinski definition) is 3. The quantitative estimate of drug-likeness (QED) is 0.884. The Kier molecular flexibility index (Phi) is 5.60. The van der Waals surface area contributed by atoms with Crippen LogP contribution in [0.25, 0.3) is 0 Å². The Morgan fingerprint density at radius 1 is 0.893 bits per heavy atom. The Morgan fingerprint density at radius 3 is 2.50 bits per heavy atom. The van der Waals surface area contributed by atoms with Gasteiger partial charge in [-0.2, -0.15) is 0 Å². The molecule has 2 aliphatic rings. The standard InChI is InChI=1S/C23H27N3O2/c27-22(26-15-12-18-8-3-4-11-21(18)26)17-24-20-10-7-9-19(16-20)23(28)25-13-5-1-2-6-14-25/h3-4,7-11,16,24H,1-2,5-6,12-15,17H2. The zero-order valence-corrected chi connectivity index (χ0v) is 16.2. The number of carbonyl (C=O) groups excluding carboxylic acids is 2. The van der Waals surface area contributed by atoms with Gasteiger partial charge in [-0.3, -0.25) is 9.59 Å². The minimum atomic E-state index is 0.0502. The Bertz CT molecular complexity index is 856. The van der Waals surface area contributed by atoms with E-state index < -0.39 is 0 Å². The average Bonchev–Trinajstić information content (AvgIpc) is 2.98. The van der Waals surface area contributed by atoms with Crippen molar-refractivity contribution in [3.05, 3.63) is 59.7 Å². The summed E-state index contributed by atoms with van der Waals surface area (Å²) in [6.07, 6.45) is 5.47. The summed E-state index contributed by atoms with van der Waals surface area (Å²) >= 11 is 0. The van der Waals surface area contributed by atoms with E-state index in [1.54, 1.807) is 0 Å². The van der Waals surface area contributed by atoms with Gasteiger partial charge < -0.3 is 15.1 Å². The van der Waals surface area contributed by atoms with Crippen molar-refractivity contribution in [2.45, 2.75) is 32.1 Å². The maximum Gasteiger partial charge on any atom is 0.253 e. The van der Waals surface area contributed by atoms with Crippen LogP contribution < -0.4 is 10.2 Å². The summed E-state index contributed by atoms with van der Waals surface area (Å²) in [6, 6.07) is 15.6. The number of amides is 2. The summed E-state index contributed by atoms with van der Waals surface area (Å²) in [5.74, 6) is 0.138. The van der Waals surface area contributed by atoms with Gasteiger partial charge in [-0.25, -0.2) is 0 Å². The van der Waals surface area contributed by atoms with Gasteiger partial charge in [0, 0.05) is 36.6 Å². The van der Waals surface area contributed by atoms with Gasteiger partial charge in [0.05, 0.1) is 6.54 Å². The van der Waals surface area contributed by atoms with E-state index in [2.05, 4.69) is 11.4 Å². The second-order valence-electron chi connectivity index (χ2n) is 7.56. The van der Waals surface area contributed by atoms with Crippen LogP contribution in [0.1, 0.15) is 41.6 Å². The zero-order chi connectivity index (χ0) is 19.3. The number of fused-ring (bicyclic) bond motifs is 1. The second kappa shape index (κ2) is 8.46. The molecule has 2 heterocycles. The van der Waals surface area contributed by atoms with E-state index in [0.29, 0.717) is 5.56 Å². The number of para-hydroxylation sites is 1. The minimum Gasteiger partial charge on any atom is -0.376 e. The first-order valence-electron chi connectivity index (χ1n) is 10.2. The molecule has 0 atom stereocenters. The van der Waals surface area contributed by atoms with E-state index in [1.807, 2.05) is 52.3 Å². The van der Waals surface area contributed by atoms with Crippen molar-refractivity contribution >= 4 is 23.2 Å². The third-order valence-electron chi connectivity index (χ3n) is 5.63. The first-order chi connectivity index (χ1) is 13.7. The van der Waals surface area contributed by atoms with E-state index in [4.69, 9.17) is 0 Å². The molecular weight excluding hydrogens is 350 g/mol. The van der Waals surface area contributed by atoms with Crippen LogP contribution in [0.5, 0.6) is 0 Å². The smallest absolute Gasteiger partial charge is 0.253 e. The van der Waals surface area contributed by atoms with Crippen molar-refractivity contribution in [2.24, 2.45) is 0 Å². The fourth-order valence-electron chi connectivity index (χ4n) is 4.09. The average molecular weight is 377 g/mol. The Hall–Kier alpha value is -2.82. The third-order valence-corrected chi connectivity index (χ3v) is 5.63. The van der Waals surface area contributed by atoms with Crippen LogP contribution in [-0.4, -0.2) is 42.9 Å². The van der Waals surface area contributed by atoms with Gasteiger partial charge in [0.15, 0.2) is 0 Å². The van der Waals surface area contributed by atoms with Gasteiger partial charge >= 0.3 is 0 Å². The van der Waals surface area contributed by atoms with Gasteiger partial charge in [0.2, 0.25) is 5.91 Å². The second-order valence-corrected chi connectivity index (χ2v) is 7.56. The van der Waals surface area contributed by atoms with E-state index in [-0.39, 0.29) is 18.4 Å². The molecule has 0 saturated carbocycles. The molecule has 5 nitrogen and oxygen atoms in total. The lowest BCUT2D eigenvalue weighted by atomic mass is 10.1. The summed E-state index contributed by atoms with van der Waals surface area (Å²) in [5, 5.41) is 3.20. The predicted molar refractivity (Wildman–Crippen MR) is 112 cm³/mol. The molecule has 2 aromatic carbocycles. The maximum atomic E-state index is 12.8. The van der Waals surface area contributed by atoms with Crippen molar-refractivity contribution in [1.29, 1.82) is 0 Å². The molecule has 0 unspecified atom stereocenters. The summed E-state index contributed by atoms with van der Waals surface area (Å²) in [6.45, 7) is 2.62. The fraction of sp³-hybridized carbons (Fsp3) is 0.391. The molecule has 0 bridgehead atoms. The van der Waals surface area contributed by atoms with Crippen LogP contribution in [0.4, 0.5) is 11.4 Å². The van der Waals surface area contributed by atoms with E-state index in [0.717, 1.165) is 50.3 Å². The number of carbonyl (C=O) groups is 2. The van der Waals surface area contributed by atoms with Crippen LogP contribution in [0, 0.1) is 0 Å². The lowest BCUT2D eigenvalue weighted by Gasteiger charge is -2.21. The van der Waals surface area contributed by atoms with Crippen molar-refractivity contribution in [2.75, 3.05) is 36.4 Å². The van der Waals surface area contributed by atoms with Gasteiger partial charge in [0.1, 0.15) is 0 Å². The third kappa shape index (κ3) is 4.03. The first-order valence-corrected chi connectivity index (χ1v) is 10.2. The van der Waals surface area contributed by atoms with Gasteiger partial charge in [0.25, 0.3) is 5.91 Å². The van der Waals surface area contributed by atoms with E-state index >= 15 is 0 Å². The molecule has 2 aromatic rings. The fourth-order valence-corrected chi connectivity index (χ4v) is 4.09. The summed E-state index contributed by atoms with van der Waals surface area (Å²) < 4.78 is 0. The maximum absolute atomic E-state index is 12.8. The molecule has 0 aromatic heterocycles. The largest absolute Gasteiger partial charge is 0.376 e. The summed E-state index contributed by atoms with van der Waals surface area (Å²) in [5.41, 5.74) is 3.73. The summed E-state index contributed by atoms with van der Waals surface area (Å²) in [4.78, 5) is 29.3. The highest BCUT2D eigenvalue weighted by Crippen LogP contribution is 2.27. The van der Waals surface area contributed by atoms with E-state index in [9.17, 15) is 9.59 Å². The van der Waals surface area contributed by atoms with Gasteiger partial charge in [-0.1, -0.05) is 37.1 Å². The number of nitrogens with one attached hydrogen (secondary N) is 1. The number of likely N-dealkylation sites (tertiary alicyclic amines) is 1. The molecule has 5 heteroatoms. The van der Waals surface area contributed by atoms with Crippen LogP contribution in [0.3, 0.4) is 0 Å². The topological polar surface area (TPSA) is 52.7 Å². The molecule has 1 N–H and O–H groups in total. The SMILES string of the molecule is O=C(c1cccc(NCC(=O)N2CCc3ccccc32)c1)N1CCCCCC1. The van der Waals surface area contributed by atoms with Gasteiger partial charge in [-0.15, -0.1) is 0 Å². The molecule has 0 radical (unpaired) electrons. The molecule has 4 rings (SSSR count). The van der Waals surface area contributed by atoms with Crippen LogP contribution >= 0.6 is 0 Å². The molecule has 0 aliphatic carbocycles. The highest BCUT2D eigenvalue weighted by molar-refractivity contribution is 5.98.